The van der Waals surface area contributed by atoms with E-state index in [9.17, 15) is 4.79 Å². The summed E-state index contributed by atoms with van der Waals surface area (Å²) in [6.45, 7) is 0.627. The molecule has 2 nitrogen and oxygen atoms in total. The van der Waals surface area contributed by atoms with Crippen molar-refractivity contribution in [2.45, 2.75) is 5.92 Å². The maximum absolute atomic E-state index is 11.3. The van der Waals surface area contributed by atoms with Gasteiger partial charge in [-0.05, 0) is 17.6 Å². The fourth-order valence-corrected chi connectivity index (χ4v) is 1.62. The molecule has 13 heavy (non-hydrogen) atoms. The first kappa shape index (κ1) is 7.88. The van der Waals surface area contributed by atoms with Gasteiger partial charge in [-0.1, -0.05) is 18.2 Å². The number of carbonyl (C=O) groups excluding carboxylic acids is 1. The molecule has 1 N–H and O–H groups in total. The number of hydrogen-bond donors (Lipinski definition) is 1. The molecule has 1 atom stereocenters. The van der Waals surface area contributed by atoms with Crippen LogP contribution in [0, 0.1) is 12.3 Å². The van der Waals surface area contributed by atoms with E-state index < -0.39 is 0 Å². The zero-order chi connectivity index (χ0) is 9.26. The SMILES string of the molecule is C#CC(=O)C1CNc2ccccc21. The number of fused-ring (bicyclic) bond motifs is 1. The molecule has 2 rings (SSSR count). The molecule has 1 unspecified atom stereocenters. The highest BCUT2D eigenvalue weighted by molar-refractivity contribution is 6.02. The second-order valence-corrected chi connectivity index (χ2v) is 3.03. The molecule has 2 heteroatoms. The third-order valence-electron chi connectivity index (χ3n) is 2.29. The van der Waals surface area contributed by atoms with Gasteiger partial charge in [-0.2, -0.15) is 0 Å². The molecule has 0 saturated carbocycles. The Labute approximate surface area is 77.0 Å². The van der Waals surface area contributed by atoms with Crippen molar-refractivity contribution in [2.75, 3.05) is 11.9 Å². The van der Waals surface area contributed by atoms with E-state index in [1.807, 2.05) is 24.3 Å². The van der Waals surface area contributed by atoms with Crippen LogP contribution >= 0.6 is 0 Å². The summed E-state index contributed by atoms with van der Waals surface area (Å²) in [4.78, 5) is 11.3. The average Bonchev–Trinajstić information content (AvgIpc) is 2.60. The van der Waals surface area contributed by atoms with E-state index in [4.69, 9.17) is 6.42 Å². The Kier molecular flexibility index (Phi) is 1.79. The lowest BCUT2D eigenvalue weighted by Gasteiger charge is -2.02. The lowest BCUT2D eigenvalue weighted by atomic mass is 9.97. The normalized spacial score (nSPS) is 18.5. The van der Waals surface area contributed by atoms with Crippen LogP contribution in [0.15, 0.2) is 24.3 Å². The Bertz CT molecular complexity index is 389. The number of hydrogen-bond acceptors (Lipinski definition) is 2. The summed E-state index contributed by atoms with van der Waals surface area (Å²) in [6.07, 6.45) is 5.08. The summed E-state index contributed by atoms with van der Waals surface area (Å²) in [5.41, 5.74) is 2.04. The number of terminal acetylenes is 1. The Balaban J connectivity index is 2.40. The van der Waals surface area contributed by atoms with E-state index in [1.165, 1.54) is 0 Å². The summed E-state index contributed by atoms with van der Waals surface area (Å²) in [7, 11) is 0. The third-order valence-corrected chi connectivity index (χ3v) is 2.29. The van der Waals surface area contributed by atoms with Crippen molar-refractivity contribution in [1.29, 1.82) is 0 Å². The Morgan fingerprint density at radius 3 is 3.08 bits per heavy atom. The molecular formula is C11H9NO. The van der Waals surface area contributed by atoms with Crippen molar-refractivity contribution >= 4 is 11.5 Å². The van der Waals surface area contributed by atoms with Gasteiger partial charge in [-0.25, -0.2) is 0 Å². The highest BCUT2D eigenvalue weighted by Crippen LogP contribution is 2.31. The van der Waals surface area contributed by atoms with Crippen molar-refractivity contribution in [2.24, 2.45) is 0 Å². The number of Topliss-reactive ketones (excluding diaryl/α,β-unsaturated/α-hetero) is 1. The molecule has 0 amide bonds. The first-order valence-corrected chi connectivity index (χ1v) is 4.16. The molecule has 0 spiro atoms. The fourth-order valence-electron chi connectivity index (χ4n) is 1.62. The molecule has 1 aliphatic heterocycles. The fraction of sp³-hybridized carbons (Fsp3) is 0.182. The highest BCUT2D eigenvalue weighted by atomic mass is 16.1. The van der Waals surface area contributed by atoms with Gasteiger partial charge in [-0.15, -0.1) is 6.42 Å². The molecule has 1 aromatic rings. The summed E-state index contributed by atoms with van der Waals surface area (Å²) < 4.78 is 0. The lowest BCUT2D eigenvalue weighted by Crippen LogP contribution is -2.12. The third kappa shape index (κ3) is 1.19. The van der Waals surface area contributed by atoms with Crippen LogP contribution in [0.25, 0.3) is 0 Å². The van der Waals surface area contributed by atoms with Gasteiger partial charge in [0.05, 0.1) is 5.92 Å². The average molecular weight is 171 g/mol. The van der Waals surface area contributed by atoms with E-state index in [-0.39, 0.29) is 11.7 Å². The van der Waals surface area contributed by atoms with Crippen LogP contribution in [0.4, 0.5) is 5.69 Å². The van der Waals surface area contributed by atoms with Crippen molar-refractivity contribution in [3.05, 3.63) is 29.8 Å². The molecule has 0 radical (unpaired) electrons. The zero-order valence-corrected chi connectivity index (χ0v) is 7.08. The van der Waals surface area contributed by atoms with Crippen molar-refractivity contribution < 1.29 is 4.79 Å². The summed E-state index contributed by atoms with van der Waals surface area (Å²) in [5.74, 6) is 1.88. The second kappa shape index (κ2) is 2.95. The molecule has 1 heterocycles. The van der Waals surface area contributed by atoms with Crippen LogP contribution in [-0.2, 0) is 4.79 Å². The lowest BCUT2D eigenvalue weighted by molar-refractivity contribution is -0.114. The molecule has 0 aromatic heterocycles. The van der Waals surface area contributed by atoms with Gasteiger partial charge in [0.2, 0.25) is 5.78 Å². The van der Waals surface area contributed by atoms with Gasteiger partial charge in [0, 0.05) is 12.2 Å². The zero-order valence-electron chi connectivity index (χ0n) is 7.08. The molecule has 0 aliphatic carbocycles. The number of nitrogens with one attached hydrogen (secondary N) is 1. The predicted molar refractivity (Wildman–Crippen MR) is 51.5 cm³/mol. The monoisotopic (exact) mass is 171 g/mol. The molecular weight excluding hydrogens is 162 g/mol. The maximum Gasteiger partial charge on any atom is 0.214 e. The van der Waals surface area contributed by atoms with Crippen LogP contribution in [0.5, 0.6) is 0 Å². The number of rotatable bonds is 1. The smallest absolute Gasteiger partial charge is 0.214 e. The number of anilines is 1. The second-order valence-electron chi connectivity index (χ2n) is 3.03. The van der Waals surface area contributed by atoms with Crippen LogP contribution < -0.4 is 5.32 Å². The maximum atomic E-state index is 11.3. The Hall–Kier alpha value is -1.75. The van der Waals surface area contributed by atoms with E-state index in [0.29, 0.717) is 6.54 Å². The quantitative estimate of drug-likeness (QED) is 0.511. The minimum Gasteiger partial charge on any atom is -0.384 e. The number of para-hydroxylation sites is 1. The van der Waals surface area contributed by atoms with Gasteiger partial charge in [0.15, 0.2) is 0 Å². The topological polar surface area (TPSA) is 29.1 Å². The number of carbonyl (C=O) groups is 1. The van der Waals surface area contributed by atoms with Gasteiger partial charge < -0.3 is 5.32 Å². The van der Waals surface area contributed by atoms with Crippen LogP contribution in [0.3, 0.4) is 0 Å². The molecule has 1 aliphatic rings. The summed E-state index contributed by atoms with van der Waals surface area (Å²) in [6, 6.07) is 7.76. The Morgan fingerprint density at radius 1 is 1.54 bits per heavy atom. The number of benzene rings is 1. The van der Waals surface area contributed by atoms with Gasteiger partial charge in [-0.3, -0.25) is 4.79 Å². The van der Waals surface area contributed by atoms with Crippen LogP contribution in [0.2, 0.25) is 0 Å². The van der Waals surface area contributed by atoms with Gasteiger partial charge >= 0.3 is 0 Å². The van der Waals surface area contributed by atoms with Crippen LogP contribution in [0.1, 0.15) is 11.5 Å². The molecule has 0 bridgehead atoms. The van der Waals surface area contributed by atoms with Gasteiger partial charge in [0.25, 0.3) is 0 Å². The summed E-state index contributed by atoms with van der Waals surface area (Å²) >= 11 is 0. The minimum absolute atomic E-state index is 0.141. The minimum atomic E-state index is -0.152. The van der Waals surface area contributed by atoms with Crippen molar-refractivity contribution in [1.82, 2.24) is 0 Å². The van der Waals surface area contributed by atoms with E-state index in [2.05, 4.69) is 11.2 Å². The van der Waals surface area contributed by atoms with E-state index in [0.717, 1.165) is 11.3 Å². The molecule has 0 saturated heterocycles. The summed E-state index contributed by atoms with van der Waals surface area (Å²) in [5, 5.41) is 3.15. The largest absolute Gasteiger partial charge is 0.384 e. The first-order chi connectivity index (χ1) is 6.33. The van der Waals surface area contributed by atoms with Crippen molar-refractivity contribution in [3.8, 4) is 12.3 Å². The van der Waals surface area contributed by atoms with Crippen molar-refractivity contribution in [3.63, 3.8) is 0 Å². The Morgan fingerprint density at radius 2 is 2.31 bits per heavy atom. The molecule has 64 valence electrons. The van der Waals surface area contributed by atoms with Gasteiger partial charge in [0.1, 0.15) is 0 Å². The highest BCUT2D eigenvalue weighted by Gasteiger charge is 2.26. The number of ketones is 1. The molecule has 1 aromatic carbocycles. The standard InChI is InChI=1S/C11H9NO/c1-2-11(13)9-7-12-10-6-4-3-5-8(9)10/h1,3-6,9,12H,7H2. The van der Waals surface area contributed by atoms with E-state index >= 15 is 0 Å². The van der Waals surface area contributed by atoms with E-state index in [1.54, 1.807) is 0 Å². The van der Waals surface area contributed by atoms with Crippen LogP contribution in [-0.4, -0.2) is 12.3 Å². The first-order valence-electron chi connectivity index (χ1n) is 4.16. The predicted octanol–water partition coefficient (Wildman–Crippen LogP) is 1.40. The molecule has 0 fully saturated rings.